The Morgan fingerprint density at radius 3 is 2.44 bits per heavy atom. The summed E-state index contributed by atoms with van der Waals surface area (Å²) in [7, 11) is 0. The molecule has 3 rings (SSSR count). The van der Waals surface area contributed by atoms with Crippen LogP contribution in [0, 0.1) is 11.8 Å². The van der Waals surface area contributed by atoms with Crippen LogP contribution in [0.15, 0.2) is 59.1 Å². The summed E-state index contributed by atoms with van der Waals surface area (Å²) in [5.74, 6) is 6.72. The SMILES string of the molecule is CCCCc1ccc(C#Cc2ccc3cc(Br)ccc3c2)c(CC)c1. The average Bonchev–Trinajstić information content (AvgIpc) is 2.64. The molecule has 0 saturated heterocycles. The summed E-state index contributed by atoms with van der Waals surface area (Å²) < 4.78 is 1.11. The van der Waals surface area contributed by atoms with Gasteiger partial charge in [-0.2, -0.15) is 0 Å². The summed E-state index contributed by atoms with van der Waals surface area (Å²) >= 11 is 3.52. The highest BCUT2D eigenvalue weighted by Crippen LogP contribution is 2.21. The van der Waals surface area contributed by atoms with Crippen LogP contribution in [0.4, 0.5) is 0 Å². The third-order valence-corrected chi connectivity index (χ3v) is 5.01. The van der Waals surface area contributed by atoms with Gasteiger partial charge in [-0.25, -0.2) is 0 Å². The second-order valence-corrected chi connectivity index (χ2v) is 7.32. The van der Waals surface area contributed by atoms with Gasteiger partial charge in [-0.1, -0.05) is 72.3 Å². The van der Waals surface area contributed by atoms with Crippen molar-refractivity contribution in [2.24, 2.45) is 0 Å². The maximum Gasteiger partial charge on any atom is 0.0281 e. The monoisotopic (exact) mass is 390 g/mol. The Hall–Kier alpha value is -2.04. The number of aryl methyl sites for hydroxylation is 2. The summed E-state index contributed by atoms with van der Waals surface area (Å²) in [4.78, 5) is 0. The van der Waals surface area contributed by atoms with Crippen LogP contribution in [-0.4, -0.2) is 0 Å². The molecule has 0 nitrogen and oxygen atoms in total. The molecule has 0 unspecified atom stereocenters. The molecule has 126 valence electrons. The van der Waals surface area contributed by atoms with Crippen LogP contribution < -0.4 is 0 Å². The second-order valence-electron chi connectivity index (χ2n) is 6.40. The minimum absolute atomic E-state index is 1.02. The van der Waals surface area contributed by atoms with E-state index >= 15 is 0 Å². The predicted molar refractivity (Wildman–Crippen MR) is 112 cm³/mol. The first-order valence-corrected chi connectivity index (χ1v) is 9.82. The largest absolute Gasteiger partial charge is 0.0654 e. The molecule has 0 amide bonds. The summed E-state index contributed by atoms with van der Waals surface area (Å²) in [6.07, 6.45) is 4.68. The number of hydrogen-bond acceptors (Lipinski definition) is 0. The Morgan fingerprint density at radius 2 is 1.64 bits per heavy atom. The molecule has 0 radical (unpaired) electrons. The second kappa shape index (κ2) is 8.37. The summed E-state index contributed by atoms with van der Waals surface area (Å²) in [6.45, 7) is 4.45. The van der Waals surface area contributed by atoms with E-state index in [1.807, 2.05) is 0 Å². The lowest BCUT2D eigenvalue weighted by Gasteiger charge is -2.06. The fourth-order valence-electron chi connectivity index (χ4n) is 3.03. The van der Waals surface area contributed by atoms with E-state index in [1.165, 1.54) is 34.7 Å². The highest BCUT2D eigenvalue weighted by Gasteiger charge is 2.01. The summed E-state index contributed by atoms with van der Waals surface area (Å²) in [6, 6.07) is 19.5. The lowest BCUT2D eigenvalue weighted by atomic mass is 9.99. The van der Waals surface area contributed by atoms with Crippen LogP contribution in [0.2, 0.25) is 0 Å². The van der Waals surface area contributed by atoms with Crippen LogP contribution in [-0.2, 0) is 12.8 Å². The number of hydrogen-bond donors (Lipinski definition) is 0. The molecule has 0 N–H and O–H groups in total. The van der Waals surface area contributed by atoms with Crippen LogP contribution in [0.5, 0.6) is 0 Å². The molecule has 0 spiro atoms. The van der Waals surface area contributed by atoms with Gasteiger partial charge >= 0.3 is 0 Å². The topological polar surface area (TPSA) is 0 Å². The smallest absolute Gasteiger partial charge is 0.0281 e. The lowest BCUT2D eigenvalue weighted by Crippen LogP contribution is -1.92. The van der Waals surface area contributed by atoms with Crippen molar-refractivity contribution in [3.05, 3.63) is 81.3 Å². The molecule has 3 aromatic carbocycles. The molecule has 0 bridgehead atoms. The van der Waals surface area contributed by atoms with Gasteiger partial charge in [0.15, 0.2) is 0 Å². The van der Waals surface area contributed by atoms with E-state index in [-0.39, 0.29) is 0 Å². The van der Waals surface area contributed by atoms with Crippen molar-refractivity contribution in [3.63, 3.8) is 0 Å². The van der Waals surface area contributed by atoms with Gasteiger partial charge in [0.2, 0.25) is 0 Å². The van der Waals surface area contributed by atoms with E-state index in [0.29, 0.717) is 0 Å². The number of unbranched alkanes of at least 4 members (excludes halogenated alkanes) is 1. The first-order valence-electron chi connectivity index (χ1n) is 9.02. The van der Waals surface area contributed by atoms with Crippen LogP contribution in [0.25, 0.3) is 10.8 Å². The van der Waals surface area contributed by atoms with Crippen molar-refractivity contribution in [2.75, 3.05) is 0 Å². The zero-order valence-corrected chi connectivity index (χ0v) is 16.5. The van der Waals surface area contributed by atoms with Gasteiger partial charge in [-0.15, -0.1) is 0 Å². The molecule has 0 heterocycles. The van der Waals surface area contributed by atoms with E-state index in [4.69, 9.17) is 0 Å². The standard InChI is InChI=1S/C24H23Br/c1-3-5-6-18-7-10-21(20(4-2)15-18)11-8-19-9-12-23-17-24(25)14-13-22(23)16-19/h7,9-10,12-17H,3-6H2,1-2H3. The first kappa shape index (κ1) is 17.8. The predicted octanol–water partition coefficient (Wildman–Crippen LogP) is 6.91. The van der Waals surface area contributed by atoms with Gasteiger partial charge in [0.05, 0.1) is 0 Å². The van der Waals surface area contributed by atoms with Gasteiger partial charge in [-0.3, -0.25) is 0 Å². The van der Waals surface area contributed by atoms with E-state index in [9.17, 15) is 0 Å². The minimum Gasteiger partial charge on any atom is -0.0654 e. The Labute approximate surface area is 159 Å². The van der Waals surface area contributed by atoms with Gasteiger partial charge in [0.1, 0.15) is 0 Å². The molecule has 0 aliphatic carbocycles. The first-order chi connectivity index (χ1) is 12.2. The highest BCUT2D eigenvalue weighted by molar-refractivity contribution is 9.10. The van der Waals surface area contributed by atoms with Gasteiger partial charge < -0.3 is 0 Å². The van der Waals surface area contributed by atoms with E-state index in [0.717, 1.165) is 28.4 Å². The van der Waals surface area contributed by atoms with Crippen LogP contribution in [0.1, 0.15) is 48.9 Å². The van der Waals surface area contributed by atoms with E-state index in [2.05, 4.69) is 96.2 Å². The Bertz CT molecular complexity index is 941. The maximum absolute atomic E-state index is 3.52. The van der Waals surface area contributed by atoms with Crippen molar-refractivity contribution in [3.8, 4) is 11.8 Å². The summed E-state index contributed by atoms with van der Waals surface area (Å²) in [5.41, 5.74) is 5.00. The average molecular weight is 391 g/mol. The molecule has 0 atom stereocenters. The maximum atomic E-state index is 3.52. The van der Waals surface area contributed by atoms with E-state index < -0.39 is 0 Å². The molecular weight excluding hydrogens is 368 g/mol. The van der Waals surface area contributed by atoms with E-state index in [1.54, 1.807) is 0 Å². The number of halogens is 1. The molecule has 0 fully saturated rings. The number of rotatable bonds is 4. The van der Waals surface area contributed by atoms with Gasteiger partial charge in [0.25, 0.3) is 0 Å². The molecule has 3 aromatic rings. The number of fused-ring (bicyclic) bond motifs is 1. The normalized spacial score (nSPS) is 10.5. The molecule has 0 aromatic heterocycles. The molecule has 25 heavy (non-hydrogen) atoms. The third kappa shape index (κ3) is 4.53. The van der Waals surface area contributed by atoms with Gasteiger partial charge in [-0.05, 0) is 71.5 Å². The van der Waals surface area contributed by atoms with Crippen molar-refractivity contribution in [2.45, 2.75) is 39.5 Å². The zero-order valence-electron chi connectivity index (χ0n) is 14.9. The molecular formula is C24H23Br. The fraction of sp³-hybridized carbons (Fsp3) is 0.250. The fourth-order valence-corrected chi connectivity index (χ4v) is 3.41. The van der Waals surface area contributed by atoms with Crippen molar-refractivity contribution < 1.29 is 0 Å². The van der Waals surface area contributed by atoms with Crippen LogP contribution in [0.3, 0.4) is 0 Å². The Balaban J connectivity index is 1.88. The van der Waals surface area contributed by atoms with Crippen LogP contribution >= 0.6 is 15.9 Å². The van der Waals surface area contributed by atoms with Crippen molar-refractivity contribution in [1.29, 1.82) is 0 Å². The zero-order chi connectivity index (χ0) is 17.6. The van der Waals surface area contributed by atoms with Crippen molar-refractivity contribution >= 4 is 26.7 Å². The Kier molecular flexibility index (Phi) is 5.95. The molecule has 0 aliphatic heterocycles. The highest BCUT2D eigenvalue weighted by atomic mass is 79.9. The molecule has 1 heteroatoms. The lowest BCUT2D eigenvalue weighted by molar-refractivity contribution is 0.794. The quantitative estimate of drug-likeness (QED) is 0.424. The van der Waals surface area contributed by atoms with Gasteiger partial charge in [0, 0.05) is 15.6 Å². The number of benzene rings is 3. The Morgan fingerprint density at radius 1 is 0.840 bits per heavy atom. The molecule has 0 aliphatic rings. The minimum atomic E-state index is 1.02. The van der Waals surface area contributed by atoms with Crippen molar-refractivity contribution in [1.82, 2.24) is 0 Å². The third-order valence-electron chi connectivity index (χ3n) is 4.51. The summed E-state index contributed by atoms with van der Waals surface area (Å²) in [5, 5.41) is 2.45. The molecule has 0 saturated carbocycles.